The summed E-state index contributed by atoms with van der Waals surface area (Å²) in [5, 5.41) is 0. The minimum Gasteiger partial charge on any atom is -0.383 e. The molecular formula is C30H63NO. The van der Waals surface area contributed by atoms with Crippen molar-refractivity contribution in [3.05, 3.63) is 0 Å². The van der Waals surface area contributed by atoms with Gasteiger partial charge in [0, 0.05) is 12.6 Å². The Hall–Kier alpha value is -0.0800. The zero-order valence-electron chi connectivity index (χ0n) is 24.3. The molecule has 3 rings (SSSR count). The average molecular weight is 454 g/mol. The molecule has 0 spiro atoms. The Labute approximate surface area is 204 Å². The van der Waals surface area contributed by atoms with E-state index in [1.165, 1.54) is 70.6 Å². The molecule has 2 N–H and O–H groups in total. The molecule has 3 aliphatic carbocycles. The fourth-order valence-electron chi connectivity index (χ4n) is 6.71. The minimum atomic E-state index is -0.172. The van der Waals surface area contributed by atoms with E-state index in [9.17, 15) is 0 Å². The van der Waals surface area contributed by atoms with Gasteiger partial charge in [0.15, 0.2) is 0 Å². The fourth-order valence-corrected chi connectivity index (χ4v) is 6.71. The highest BCUT2D eigenvalue weighted by Crippen LogP contribution is 2.58. The Morgan fingerprint density at radius 2 is 1.47 bits per heavy atom. The molecule has 0 bridgehead atoms. The third-order valence-corrected chi connectivity index (χ3v) is 8.83. The summed E-state index contributed by atoms with van der Waals surface area (Å²) in [6.45, 7) is 23.1. The molecule has 0 amide bonds. The molecule has 0 saturated heterocycles. The number of hydrogen-bond acceptors (Lipinski definition) is 2. The summed E-state index contributed by atoms with van der Waals surface area (Å²) in [5.41, 5.74) is 6.68. The third kappa shape index (κ3) is 9.65. The van der Waals surface area contributed by atoms with E-state index in [2.05, 4.69) is 41.5 Å². The van der Waals surface area contributed by atoms with Crippen LogP contribution in [0.25, 0.3) is 0 Å². The number of fused-ring (bicyclic) bond motifs is 2. The van der Waals surface area contributed by atoms with Crippen LogP contribution in [0, 0.1) is 34.5 Å². The summed E-state index contributed by atoms with van der Waals surface area (Å²) in [4.78, 5) is 0. The first-order valence-corrected chi connectivity index (χ1v) is 14.2. The van der Waals surface area contributed by atoms with Crippen LogP contribution < -0.4 is 5.73 Å². The van der Waals surface area contributed by atoms with Crippen molar-refractivity contribution in [1.82, 2.24) is 0 Å². The highest BCUT2D eigenvalue weighted by Gasteiger charge is 2.49. The zero-order valence-corrected chi connectivity index (χ0v) is 24.3. The second kappa shape index (κ2) is 15.0. The van der Waals surface area contributed by atoms with E-state index >= 15 is 0 Å². The molecule has 0 heterocycles. The predicted octanol–water partition coefficient (Wildman–Crippen LogP) is 9.26. The standard InChI is InChI=1S/C20H36.C5H13NO.C3H8.C2H6/c1-15-8-10-17-7-5-6-12-19(17,3)13-14-20(4)16(2)9-11-18(15)20;1-5(2,6)4-7-3;1-3-2;1-2/h15-18H,5-14H2,1-4H3;4,6H2,1-3H3;3H2,1-2H3;1-2H3. The molecule has 2 nitrogen and oxygen atoms in total. The summed E-state index contributed by atoms with van der Waals surface area (Å²) in [6.07, 6.45) is 16.4. The summed E-state index contributed by atoms with van der Waals surface area (Å²) < 4.78 is 4.78. The molecule has 0 radical (unpaired) electrons. The summed E-state index contributed by atoms with van der Waals surface area (Å²) in [5.74, 6) is 3.98. The van der Waals surface area contributed by atoms with E-state index in [-0.39, 0.29) is 5.54 Å². The van der Waals surface area contributed by atoms with E-state index in [1.54, 1.807) is 7.11 Å². The van der Waals surface area contributed by atoms with Gasteiger partial charge in [-0.25, -0.2) is 0 Å². The van der Waals surface area contributed by atoms with Crippen molar-refractivity contribution in [2.75, 3.05) is 13.7 Å². The van der Waals surface area contributed by atoms with Crippen LogP contribution in [-0.4, -0.2) is 19.3 Å². The number of hydrogen-bond donors (Lipinski definition) is 1. The van der Waals surface area contributed by atoms with E-state index in [0.29, 0.717) is 17.4 Å². The van der Waals surface area contributed by atoms with Crippen molar-refractivity contribution in [1.29, 1.82) is 0 Å². The molecule has 0 aromatic heterocycles. The molecular weight excluding hydrogens is 390 g/mol. The smallest absolute Gasteiger partial charge is 0.0636 e. The van der Waals surface area contributed by atoms with E-state index in [0.717, 1.165) is 23.7 Å². The van der Waals surface area contributed by atoms with Gasteiger partial charge in [0.2, 0.25) is 0 Å². The molecule has 3 saturated carbocycles. The van der Waals surface area contributed by atoms with Gasteiger partial charge in [-0.15, -0.1) is 0 Å². The Morgan fingerprint density at radius 1 is 0.875 bits per heavy atom. The van der Waals surface area contributed by atoms with Gasteiger partial charge in [-0.1, -0.05) is 81.1 Å². The average Bonchev–Trinajstić information content (AvgIpc) is 3.03. The van der Waals surface area contributed by atoms with E-state index in [1.807, 2.05) is 27.7 Å². The van der Waals surface area contributed by atoms with Crippen molar-refractivity contribution in [3.63, 3.8) is 0 Å². The molecule has 0 aromatic carbocycles. The summed E-state index contributed by atoms with van der Waals surface area (Å²) in [6, 6.07) is 0. The van der Waals surface area contributed by atoms with Crippen LogP contribution in [0.2, 0.25) is 0 Å². The van der Waals surface area contributed by atoms with E-state index in [4.69, 9.17) is 10.5 Å². The Bertz CT molecular complexity index is 470. The second-order valence-corrected chi connectivity index (χ2v) is 12.4. The molecule has 6 atom stereocenters. The van der Waals surface area contributed by atoms with Crippen LogP contribution in [0.15, 0.2) is 0 Å². The lowest BCUT2D eigenvalue weighted by molar-refractivity contribution is 0.0646. The van der Waals surface area contributed by atoms with Crippen molar-refractivity contribution >= 4 is 0 Å². The molecule has 0 aliphatic heterocycles. The van der Waals surface area contributed by atoms with Crippen molar-refractivity contribution in [2.24, 2.45) is 40.2 Å². The third-order valence-electron chi connectivity index (χ3n) is 8.83. The van der Waals surface area contributed by atoms with Gasteiger partial charge in [-0.05, 0) is 93.3 Å². The maximum atomic E-state index is 5.52. The van der Waals surface area contributed by atoms with Crippen LogP contribution in [0.5, 0.6) is 0 Å². The number of methoxy groups -OCH3 is 1. The summed E-state index contributed by atoms with van der Waals surface area (Å²) in [7, 11) is 1.65. The molecule has 0 aromatic rings. The monoisotopic (exact) mass is 453 g/mol. The fraction of sp³-hybridized carbons (Fsp3) is 1.00. The van der Waals surface area contributed by atoms with Crippen LogP contribution in [-0.2, 0) is 4.74 Å². The second-order valence-electron chi connectivity index (χ2n) is 12.4. The molecule has 32 heavy (non-hydrogen) atoms. The summed E-state index contributed by atoms with van der Waals surface area (Å²) >= 11 is 0. The van der Waals surface area contributed by atoms with Gasteiger partial charge in [0.25, 0.3) is 0 Å². The maximum Gasteiger partial charge on any atom is 0.0636 e. The Morgan fingerprint density at radius 3 is 1.97 bits per heavy atom. The largest absolute Gasteiger partial charge is 0.383 e. The van der Waals surface area contributed by atoms with Crippen LogP contribution in [0.1, 0.15) is 140 Å². The van der Waals surface area contributed by atoms with Crippen LogP contribution in [0.4, 0.5) is 0 Å². The molecule has 6 unspecified atom stereocenters. The zero-order chi connectivity index (χ0) is 25.0. The predicted molar refractivity (Wildman–Crippen MR) is 145 cm³/mol. The molecule has 2 heteroatoms. The number of rotatable bonds is 2. The number of nitrogens with two attached hydrogens (primary N) is 1. The normalized spacial score (nSPS) is 36.8. The molecule has 3 aliphatic rings. The lowest BCUT2D eigenvalue weighted by Crippen LogP contribution is -2.36. The first-order valence-electron chi connectivity index (χ1n) is 14.2. The van der Waals surface area contributed by atoms with Gasteiger partial charge >= 0.3 is 0 Å². The van der Waals surface area contributed by atoms with Crippen molar-refractivity contribution in [3.8, 4) is 0 Å². The van der Waals surface area contributed by atoms with Gasteiger partial charge < -0.3 is 10.5 Å². The lowest BCUT2D eigenvalue weighted by Gasteiger charge is -2.44. The van der Waals surface area contributed by atoms with Gasteiger partial charge in [0.05, 0.1) is 6.61 Å². The van der Waals surface area contributed by atoms with Gasteiger partial charge in [-0.3, -0.25) is 0 Å². The first-order chi connectivity index (χ1) is 14.9. The van der Waals surface area contributed by atoms with Crippen LogP contribution in [0.3, 0.4) is 0 Å². The number of ether oxygens (including phenoxy) is 1. The molecule has 194 valence electrons. The van der Waals surface area contributed by atoms with Gasteiger partial charge in [0.1, 0.15) is 0 Å². The topological polar surface area (TPSA) is 35.2 Å². The van der Waals surface area contributed by atoms with E-state index < -0.39 is 0 Å². The highest BCUT2D eigenvalue weighted by atomic mass is 16.5. The first kappa shape index (κ1) is 31.9. The minimum absolute atomic E-state index is 0.172. The highest BCUT2D eigenvalue weighted by molar-refractivity contribution is 4.99. The SMILES string of the molecule is CC.CC1CCC2CCCCC2(C)CCC2(C)C(C)CCC12.CCC.COCC(C)(C)N. The Kier molecular flexibility index (Phi) is 15.0. The lowest BCUT2D eigenvalue weighted by atomic mass is 9.61. The van der Waals surface area contributed by atoms with Crippen LogP contribution >= 0.6 is 0 Å². The molecule has 3 fully saturated rings. The van der Waals surface area contributed by atoms with Gasteiger partial charge in [-0.2, -0.15) is 0 Å². The van der Waals surface area contributed by atoms with Crippen molar-refractivity contribution in [2.45, 2.75) is 145 Å². The maximum absolute atomic E-state index is 5.52. The van der Waals surface area contributed by atoms with Crippen molar-refractivity contribution < 1.29 is 4.74 Å². The Balaban J connectivity index is 0.000000674. The quantitative estimate of drug-likeness (QED) is 0.452.